The van der Waals surface area contributed by atoms with Crippen molar-refractivity contribution in [3.05, 3.63) is 30.0 Å². The predicted molar refractivity (Wildman–Crippen MR) is 83.0 cm³/mol. The standard InChI is InChI=1S/C16H22N4O/c21-16(18-9-7-12-4-3-8-17-11-12)10-15-13-5-1-2-6-14(13)19-20-15/h1-2,5-6,12,17H,3-4,7-11H2,(H,18,21)(H,19,20). The molecule has 0 aliphatic carbocycles. The second-order valence-electron chi connectivity index (χ2n) is 5.75. The minimum Gasteiger partial charge on any atom is -0.356 e. The number of carbonyl (C=O) groups excluding carboxylic acids is 1. The minimum atomic E-state index is 0.0631. The Morgan fingerprint density at radius 3 is 3.14 bits per heavy atom. The Balaban J connectivity index is 1.47. The third kappa shape index (κ3) is 3.61. The van der Waals surface area contributed by atoms with Gasteiger partial charge < -0.3 is 10.6 Å². The summed E-state index contributed by atoms with van der Waals surface area (Å²) in [5, 5.41) is 14.6. The number of hydrogen-bond donors (Lipinski definition) is 3. The van der Waals surface area contributed by atoms with Gasteiger partial charge in [0.15, 0.2) is 0 Å². The van der Waals surface area contributed by atoms with Gasteiger partial charge in [-0.1, -0.05) is 18.2 Å². The molecule has 1 amide bonds. The molecule has 1 atom stereocenters. The van der Waals surface area contributed by atoms with Gasteiger partial charge in [0.1, 0.15) is 0 Å². The average Bonchev–Trinajstić information content (AvgIpc) is 2.92. The Bertz CT molecular complexity index is 601. The Labute approximate surface area is 124 Å². The number of nitrogens with zero attached hydrogens (tertiary/aromatic N) is 1. The minimum absolute atomic E-state index is 0.0631. The summed E-state index contributed by atoms with van der Waals surface area (Å²) in [4.78, 5) is 12.0. The van der Waals surface area contributed by atoms with Crippen molar-refractivity contribution in [3.63, 3.8) is 0 Å². The molecule has 1 saturated heterocycles. The molecular weight excluding hydrogens is 264 g/mol. The number of para-hydroxylation sites is 1. The van der Waals surface area contributed by atoms with Crippen molar-refractivity contribution >= 4 is 16.8 Å². The molecule has 0 bridgehead atoms. The fraction of sp³-hybridized carbons (Fsp3) is 0.500. The number of benzene rings is 1. The van der Waals surface area contributed by atoms with E-state index in [2.05, 4.69) is 20.8 Å². The van der Waals surface area contributed by atoms with Crippen LogP contribution in [0.25, 0.3) is 10.9 Å². The summed E-state index contributed by atoms with van der Waals surface area (Å²) >= 11 is 0. The third-order valence-electron chi connectivity index (χ3n) is 4.15. The highest BCUT2D eigenvalue weighted by Gasteiger charge is 2.13. The zero-order valence-electron chi connectivity index (χ0n) is 12.2. The molecule has 0 radical (unpaired) electrons. The van der Waals surface area contributed by atoms with Crippen molar-refractivity contribution in [3.8, 4) is 0 Å². The first-order chi connectivity index (χ1) is 10.3. The molecule has 5 nitrogen and oxygen atoms in total. The third-order valence-corrected chi connectivity index (χ3v) is 4.15. The Kier molecular flexibility index (Phi) is 4.50. The molecule has 0 spiro atoms. The van der Waals surface area contributed by atoms with Gasteiger partial charge in [-0.2, -0.15) is 5.10 Å². The van der Waals surface area contributed by atoms with Crippen LogP contribution in [0.5, 0.6) is 0 Å². The van der Waals surface area contributed by atoms with Gasteiger partial charge in [0.2, 0.25) is 5.91 Å². The number of nitrogens with one attached hydrogen (secondary N) is 3. The topological polar surface area (TPSA) is 69.8 Å². The number of carbonyl (C=O) groups is 1. The van der Waals surface area contributed by atoms with Crippen LogP contribution in [0.1, 0.15) is 25.0 Å². The highest BCUT2D eigenvalue weighted by Crippen LogP contribution is 2.15. The molecule has 1 aromatic heterocycles. The quantitative estimate of drug-likeness (QED) is 0.782. The Morgan fingerprint density at radius 2 is 2.29 bits per heavy atom. The van der Waals surface area contributed by atoms with Gasteiger partial charge >= 0.3 is 0 Å². The lowest BCUT2D eigenvalue weighted by Crippen LogP contribution is -2.33. The summed E-state index contributed by atoms with van der Waals surface area (Å²) in [7, 11) is 0. The van der Waals surface area contributed by atoms with E-state index in [0.717, 1.165) is 42.7 Å². The maximum atomic E-state index is 12.0. The van der Waals surface area contributed by atoms with E-state index >= 15 is 0 Å². The smallest absolute Gasteiger partial charge is 0.226 e. The first kappa shape index (κ1) is 14.1. The van der Waals surface area contributed by atoms with Crippen LogP contribution in [0, 0.1) is 5.92 Å². The fourth-order valence-electron chi connectivity index (χ4n) is 2.96. The van der Waals surface area contributed by atoms with E-state index in [1.807, 2.05) is 24.3 Å². The molecule has 3 N–H and O–H groups in total. The first-order valence-corrected chi connectivity index (χ1v) is 7.72. The van der Waals surface area contributed by atoms with E-state index in [1.165, 1.54) is 12.8 Å². The predicted octanol–water partition coefficient (Wildman–Crippen LogP) is 1.61. The molecule has 1 unspecified atom stereocenters. The van der Waals surface area contributed by atoms with E-state index in [-0.39, 0.29) is 5.91 Å². The first-order valence-electron chi connectivity index (χ1n) is 7.72. The molecular formula is C16H22N4O. The van der Waals surface area contributed by atoms with Gasteiger partial charge in [-0.15, -0.1) is 0 Å². The van der Waals surface area contributed by atoms with E-state index < -0.39 is 0 Å². The lowest BCUT2D eigenvalue weighted by Gasteiger charge is -2.22. The van der Waals surface area contributed by atoms with Crippen LogP contribution in [0.4, 0.5) is 0 Å². The summed E-state index contributed by atoms with van der Waals surface area (Å²) in [5.41, 5.74) is 1.80. The van der Waals surface area contributed by atoms with Gasteiger partial charge in [-0.05, 0) is 44.3 Å². The SMILES string of the molecule is O=C(Cc1[nH]nc2ccccc12)NCCC1CCCNC1. The van der Waals surface area contributed by atoms with Crippen LogP contribution in [-0.4, -0.2) is 35.7 Å². The van der Waals surface area contributed by atoms with Crippen LogP contribution in [0.2, 0.25) is 0 Å². The van der Waals surface area contributed by atoms with Gasteiger partial charge in [-0.3, -0.25) is 9.89 Å². The fourth-order valence-corrected chi connectivity index (χ4v) is 2.96. The molecule has 3 rings (SSSR count). The normalized spacial score (nSPS) is 18.8. The molecule has 21 heavy (non-hydrogen) atoms. The number of aromatic nitrogens is 2. The number of amides is 1. The lowest BCUT2D eigenvalue weighted by molar-refractivity contribution is -0.120. The van der Waals surface area contributed by atoms with Crippen LogP contribution in [0.15, 0.2) is 24.3 Å². The second-order valence-corrected chi connectivity index (χ2v) is 5.75. The maximum Gasteiger partial charge on any atom is 0.226 e. The summed E-state index contributed by atoms with van der Waals surface area (Å²) in [5.74, 6) is 0.764. The zero-order valence-corrected chi connectivity index (χ0v) is 12.2. The van der Waals surface area contributed by atoms with Crippen molar-refractivity contribution in [2.24, 2.45) is 5.92 Å². The second kappa shape index (κ2) is 6.72. The zero-order chi connectivity index (χ0) is 14.5. The summed E-state index contributed by atoms with van der Waals surface area (Å²) in [6.45, 7) is 2.98. The number of fused-ring (bicyclic) bond motifs is 1. The molecule has 1 fully saturated rings. The van der Waals surface area contributed by atoms with Crippen LogP contribution >= 0.6 is 0 Å². The number of H-pyrrole nitrogens is 1. The van der Waals surface area contributed by atoms with Gasteiger partial charge in [0.05, 0.1) is 17.6 Å². The molecule has 1 aliphatic heterocycles. The van der Waals surface area contributed by atoms with Crippen molar-refractivity contribution in [2.75, 3.05) is 19.6 Å². The average molecular weight is 286 g/mol. The molecule has 2 aromatic rings. The van der Waals surface area contributed by atoms with E-state index in [9.17, 15) is 4.79 Å². The Hall–Kier alpha value is -1.88. The van der Waals surface area contributed by atoms with Gasteiger partial charge in [-0.25, -0.2) is 0 Å². The molecule has 0 saturated carbocycles. The van der Waals surface area contributed by atoms with Crippen molar-refractivity contribution in [1.82, 2.24) is 20.8 Å². The monoisotopic (exact) mass is 286 g/mol. The summed E-state index contributed by atoms with van der Waals surface area (Å²) in [6, 6.07) is 7.86. The molecule has 112 valence electrons. The molecule has 1 aromatic carbocycles. The molecule has 5 heteroatoms. The number of piperidine rings is 1. The highest BCUT2D eigenvalue weighted by atomic mass is 16.1. The molecule has 1 aliphatic rings. The highest BCUT2D eigenvalue weighted by molar-refractivity contribution is 5.87. The molecule has 2 heterocycles. The Morgan fingerprint density at radius 1 is 1.38 bits per heavy atom. The lowest BCUT2D eigenvalue weighted by atomic mass is 9.96. The number of aromatic amines is 1. The van der Waals surface area contributed by atoms with E-state index in [1.54, 1.807) is 0 Å². The summed E-state index contributed by atoms with van der Waals surface area (Å²) in [6.07, 6.45) is 3.94. The maximum absolute atomic E-state index is 12.0. The summed E-state index contributed by atoms with van der Waals surface area (Å²) < 4.78 is 0. The van der Waals surface area contributed by atoms with Gasteiger partial charge in [0, 0.05) is 11.9 Å². The van der Waals surface area contributed by atoms with Gasteiger partial charge in [0.25, 0.3) is 0 Å². The van der Waals surface area contributed by atoms with Crippen molar-refractivity contribution in [1.29, 1.82) is 0 Å². The van der Waals surface area contributed by atoms with E-state index in [4.69, 9.17) is 0 Å². The van der Waals surface area contributed by atoms with E-state index in [0.29, 0.717) is 12.3 Å². The number of rotatable bonds is 5. The van der Waals surface area contributed by atoms with Crippen LogP contribution < -0.4 is 10.6 Å². The largest absolute Gasteiger partial charge is 0.356 e. The number of hydrogen-bond acceptors (Lipinski definition) is 3. The van der Waals surface area contributed by atoms with Crippen LogP contribution in [0.3, 0.4) is 0 Å². The van der Waals surface area contributed by atoms with Crippen molar-refractivity contribution < 1.29 is 4.79 Å². The van der Waals surface area contributed by atoms with Crippen molar-refractivity contribution in [2.45, 2.75) is 25.7 Å². The van der Waals surface area contributed by atoms with Crippen LogP contribution in [-0.2, 0) is 11.2 Å².